The molecule has 4 rings (SSSR count). The zero-order valence-corrected chi connectivity index (χ0v) is 19.2. The summed E-state index contributed by atoms with van der Waals surface area (Å²) >= 11 is 0. The molecule has 10 heteroatoms. The third kappa shape index (κ3) is 4.03. The van der Waals surface area contributed by atoms with Crippen molar-refractivity contribution in [1.82, 2.24) is 4.98 Å². The van der Waals surface area contributed by atoms with E-state index in [4.69, 9.17) is 14.6 Å². The van der Waals surface area contributed by atoms with Crippen LogP contribution in [0.2, 0.25) is 0 Å². The smallest absolute Gasteiger partial charge is 0.507 e. The molecule has 0 radical (unpaired) electrons. The average molecular weight is 485 g/mol. The standard InChI is InChI=1S/C24H20FNO7S/c1-12-10-18-21(14(3)23(26-18)33-24(28)29)13(2)22(12)32-16-6-9-19(27)20(11-16)34(30,31)17-7-4-15(25)5-8-17/h4-11,26-27H,1-3H3,(H,28,29). The van der Waals surface area contributed by atoms with Gasteiger partial charge in [0.15, 0.2) is 0 Å². The molecule has 3 aromatic carbocycles. The van der Waals surface area contributed by atoms with Crippen molar-refractivity contribution in [2.45, 2.75) is 30.6 Å². The van der Waals surface area contributed by atoms with Crippen LogP contribution in [0, 0.1) is 26.6 Å². The van der Waals surface area contributed by atoms with E-state index in [2.05, 4.69) is 4.98 Å². The Kier molecular flexibility index (Phi) is 5.70. The number of carboxylic acid groups (broad SMARTS) is 1. The Morgan fingerprint density at radius 1 is 1.00 bits per heavy atom. The van der Waals surface area contributed by atoms with E-state index in [1.807, 2.05) is 0 Å². The van der Waals surface area contributed by atoms with E-state index in [0.29, 0.717) is 33.3 Å². The van der Waals surface area contributed by atoms with Gasteiger partial charge in [-0.2, -0.15) is 0 Å². The first-order valence-electron chi connectivity index (χ1n) is 10.0. The number of ether oxygens (including phenoxy) is 2. The first kappa shape index (κ1) is 23.1. The summed E-state index contributed by atoms with van der Waals surface area (Å²) in [4.78, 5) is 13.3. The van der Waals surface area contributed by atoms with E-state index in [0.717, 1.165) is 24.3 Å². The van der Waals surface area contributed by atoms with Gasteiger partial charge in [0.1, 0.15) is 28.0 Å². The van der Waals surface area contributed by atoms with Gasteiger partial charge >= 0.3 is 6.16 Å². The molecule has 1 aromatic heterocycles. The first-order valence-corrected chi connectivity index (χ1v) is 11.5. The molecule has 176 valence electrons. The Morgan fingerprint density at radius 2 is 1.68 bits per heavy atom. The minimum Gasteiger partial charge on any atom is -0.507 e. The lowest BCUT2D eigenvalue weighted by Crippen LogP contribution is -2.03. The van der Waals surface area contributed by atoms with Gasteiger partial charge in [-0.3, -0.25) is 0 Å². The van der Waals surface area contributed by atoms with Crippen molar-refractivity contribution < 1.29 is 37.3 Å². The number of nitrogens with one attached hydrogen (secondary N) is 1. The van der Waals surface area contributed by atoms with E-state index in [1.54, 1.807) is 26.8 Å². The van der Waals surface area contributed by atoms with Gasteiger partial charge in [-0.1, -0.05) is 0 Å². The largest absolute Gasteiger partial charge is 0.512 e. The van der Waals surface area contributed by atoms with Crippen molar-refractivity contribution in [1.29, 1.82) is 0 Å². The summed E-state index contributed by atoms with van der Waals surface area (Å²) in [6.45, 7) is 5.27. The topological polar surface area (TPSA) is 126 Å². The van der Waals surface area contributed by atoms with E-state index < -0.39 is 27.6 Å². The summed E-state index contributed by atoms with van der Waals surface area (Å²) in [5, 5.41) is 19.9. The lowest BCUT2D eigenvalue weighted by atomic mass is 10.0. The van der Waals surface area contributed by atoms with Crippen LogP contribution in [0.25, 0.3) is 10.9 Å². The van der Waals surface area contributed by atoms with Crippen molar-refractivity contribution in [2.24, 2.45) is 0 Å². The van der Waals surface area contributed by atoms with Crippen LogP contribution in [0.15, 0.2) is 58.3 Å². The molecule has 0 saturated heterocycles. The van der Waals surface area contributed by atoms with Crippen molar-refractivity contribution in [2.75, 3.05) is 0 Å². The van der Waals surface area contributed by atoms with Crippen LogP contribution in [0.5, 0.6) is 23.1 Å². The lowest BCUT2D eigenvalue weighted by molar-refractivity contribution is 0.142. The number of H-pyrrole nitrogens is 1. The third-order valence-electron chi connectivity index (χ3n) is 5.42. The monoisotopic (exact) mass is 485 g/mol. The summed E-state index contributed by atoms with van der Waals surface area (Å²) in [5.41, 5.74) is 2.61. The van der Waals surface area contributed by atoms with Gasteiger partial charge in [-0.25, -0.2) is 17.6 Å². The molecule has 0 aliphatic rings. The highest BCUT2D eigenvalue weighted by atomic mass is 32.2. The Morgan fingerprint density at radius 3 is 2.32 bits per heavy atom. The SMILES string of the molecule is Cc1cc2[nH]c(OC(=O)O)c(C)c2c(C)c1Oc1ccc(O)c(S(=O)(=O)c2ccc(F)cc2)c1. The van der Waals surface area contributed by atoms with Gasteiger partial charge in [0.05, 0.1) is 4.90 Å². The number of hydrogen-bond donors (Lipinski definition) is 3. The normalized spacial score (nSPS) is 11.5. The number of phenolic OH excluding ortho intramolecular Hbond substituents is 1. The Hall–Kier alpha value is -4.05. The van der Waals surface area contributed by atoms with Crippen LogP contribution in [-0.4, -0.2) is 29.8 Å². The number of aromatic amines is 1. The van der Waals surface area contributed by atoms with Gasteiger partial charge in [0, 0.05) is 28.1 Å². The van der Waals surface area contributed by atoms with Crippen molar-refractivity contribution in [3.8, 4) is 23.1 Å². The van der Waals surface area contributed by atoms with Crippen LogP contribution in [0.3, 0.4) is 0 Å². The fraction of sp³-hybridized carbons (Fsp3) is 0.125. The molecule has 3 N–H and O–H groups in total. The average Bonchev–Trinajstić information content (AvgIpc) is 3.06. The molecule has 34 heavy (non-hydrogen) atoms. The van der Waals surface area contributed by atoms with Crippen molar-refractivity contribution >= 4 is 26.9 Å². The van der Waals surface area contributed by atoms with Gasteiger partial charge in [0.25, 0.3) is 0 Å². The minimum atomic E-state index is -4.14. The highest BCUT2D eigenvalue weighted by Gasteiger charge is 2.24. The second-order valence-corrected chi connectivity index (χ2v) is 9.62. The predicted octanol–water partition coefficient (Wildman–Crippen LogP) is 5.62. The van der Waals surface area contributed by atoms with E-state index in [9.17, 15) is 22.7 Å². The zero-order chi connectivity index (χ0) is 24.8. The third-order valence-corrected chi connectivity index (χ3v) is 7.22. The quantitative estimate of drug-likeness (QED) is 0.247. The number of fused-ring (bicyclic) bond motifs is 1. The molecule has 0 atom stereocenters. The van der Waals surface area contributed by atoms with Gasteiger partial charge < -0.3 is 24.7 Å². The zero-order valence-electron chi connectivity index (χ0n) is 18.3. The number of hydrogen-bond acceptors (Lipinski definition) is 6. The van der Waals surface area contributed by atoms with Gasteiger partial charge in [-0.15, -0.1) is 0 Å². The van der Waals surface area contributed by atoms with Crippen molar-refractivity contribution in [3.63, 3.8) is 0 Å². The number of rotatable bonds is 5. The van der Waals surface area contributed by atoms with E-state index in [1.165, 1.54) is 18.2 Å². The van der Waals surface area contributed by atoms with Gasteiger partial charge in [0.2, 0.25) is 15.7 Å². The molecule has 1 heterocycles. The van der Waals surface area contributed by atoms with Crippen molar-refractivity contribution in [3.05, 3.63) is 71.0 Å². The maximum Gasteiger partial charge on any atom is 0.512 e. The molecule has 0 bridgehead atoms. The molecule has 4 aromatic rings. The van der Waals surface area contributed by atoms with E-state index >= 15 is 0 Å². The Bertz CT molecular complexity index is 1540. The molecule has 0 saturated carbocycles. The summed E-state index contributed by atoms with van der Waals surface area (Å²) in [7, 11) is -4.14. The molecule has 0 amide bonds. The molecular weight excluding hydrogens is 465 g/mol. The number of aromatic hydroxyl groups is 1. The molecule has 0 aliphatic carbocycles. The fourth-order valence-electron chi connectivity index (χ4n) is 3.86. The lowest BCUT2D eigenvalue weighted by Gasteiger charge is -2.15. The van der Waals surface area contributed by atoms with Crippen LogP contribution >= 0.6 is 0 Å². The molecule has 8 nitrogen and oxygen atoms in total. The second-order valence-electron chi connectivity index (χ2n) is 7.71. The Balaban J connectivity index is 1.78. The first-order chi connectivity index (χ1) is 16.0. The number of phenols is 1. The molecule has 0 fully saturated rings. The van der Waals surface area contributed by atoms with Gasteiger partial charge in [-0.05, 0) is 68.8 Å². The van der Waals surface area contributed by atoms with Crippen LogP contribution < -0.4 is 9.47 Å². The van der Waals surface area contributed by atoms with Crippen LogP contribution in [-0.2, 0) is 9.84 Å². The van der Waals surface area contributed by atoms with E-state index in [-0.39, 0.29) is 21.4 Å². The van der Waals surface area contributed by atoms with Crippen LogP contribution in [0.1, 0.15) is 16.7 Å². The maximum absolute atomic E-state index is 13.2. The fourth-order valence-corrected chi connectivity index (χ4v) is 5.22. The number of aromatic nitrogens is 1. The highest BCUT2D eigenvalue weighted by Crippen LogP contribution is 2.40. The molecular formula is C24H20FNO7S. The predicted molar refractivity (Wildman–Crippen MR) is 121 cm³/mol. The summed E-state index contributed by atoms with van der Waals surface area (Å²) in [6, 6.07) is 9.86. The second kappa shape index (κ2) is 8.38. The maximum atomic E-state index is 13.2. The number of carbonyl (C=O) groups is 1. The number of benzene rings is 3. The molecule has 0 aliphatic heterocycles. The number of aryl methyl sites for hydroxylation is 3. The molecule has 0 unspecified atom stereocenters. The molecule has 0 spiro atoms. The number of halogens is 1. The summed E-state index contributed by atoms with van der Waals surface area (Å²) < 4.78 is 50.1. The summed E-state index contributed by atoms with van der Waals surface area (Å²) in [5.74, 6) is -0.373. The van der Waals surface area contributed by atoms with Crippen LogP contribution in [0.4, 0.5) is 9.18 Å². The number of sulfone groups is 1. The highest BCUT2D eigenvalue weighted by molar-refractivity contribution is 7.91. The Labute approximate surface area is 194 Å². The minimum absolute atomic E-state index is 0.0967. The summed E-state index contributed by atoms with van der Waals surface area (Å²) in [6.07, 6.45) is -1.44.